The molecule has 0 saturated carbocycles. The molecule has 17 heavy (non-hydrogen) atoms. The van der Waals surface area contributed by atoms with E-state index in [1.165, 1.54) is 30.1 Å². The van der Waals surface area contributed by atoms with Crippen molar-refractivity contribution >= 4 is 23.2 Å². The molecule has 6 heteroatoms. The van der Waals surface area contributed by atoms with Crippen LogP contribution in [0.15, 0.2) is 11.0 Å². The highest BCUT2D eigenvalue weighted by Crippen LogP contribution is 2.14. The van der Waals surface area contributed by atoms with E-state index in [1.54, 1.807) is 0 Å². The number of rotatable bonds is 3. The Labute approximate surface area is 110 Å². The summed E-state index contributed by atoms with van der Waals surface area (Å²) < 4.78 is 1.38. The highest BCUT2D eigenvalue weighted by atomic mass is 35.5. The Hall–Kier alpha value is -0.580. The van der Waals surface area contributed by atoms with Crippen molar-refractivity contribution in [2.75, 3.05) is 19.6 Å². The van der Waals surface area contributed by atoms with Crippen molar-refractivity contribution in [3.63, 3.8) is 0 Å². The SMILES string of the molecule is O=c1c(Cl)c(Cl)cnn1CCN1CCCCC1. The maximum atomic E-state index is 11.7. The molecule has 0 aliphatic carbocycles. The zero-order valence-corrected chi connectivity index (χ0v) is 11.0. The van der Waals surface area contributed by atoms with Crippen LogP contribution in [0.1, 0.15) is 19.3 Å². The maximum Gasteiger partial charge on any atom is 0.287 e. The quantitative estimate of drug-likeness (QED) is 0.848. The molecule has 1 aromatic rings. The van der Waals surface area contributed by atoms with E-state index < -0.39 is 0 Å². The Balaban J connectivity index is 1.99. The van der Waals surface area contributed by atoms with Crippen molar-refractivity contribution in [2.24, 2.45) is 0 Å². The second-order valence-corrected chi connectivity index (χ2v) is 5.02. The molecule has 0 bridgehead atoms. The van der Waals surface area contributed by atoms with Crippen LogP contribution < -0.4 is 5.56 Å². The molecule has 0 unspecified atom stereocenters. The molecular formula is C11H15Cl2N3O. The van der Waals surface area contributed by atoms with E-state index in [2.05, 4.69) is 10.00 Å². The Kier molecular flexibility index (Phi) is 4.42. The molecule has 1 aliphatic rings. The van der Waals surface area contributed by atoms with Crippen LogP contribution in [0, 0.1) is 0 Å². The highest BCUT2D eigenvalue weighted by Gasteiger charge is 2.11. The third-order valence-electron chi connectivity index (χ3n) is 3.02. The van der Waals surface area contributed by atoms with Crippen LogP contribution in [0.25, 0.3) is 0 Å². The number of nitrogens with zero attached hydrogens (tertiary/aromatic N) is 3. The summed E-state index contributed by atoms with van der Waals surface area (Å²) in [5, 5.41) is 4.25. The number of halogens is 2. The molecule has 4 nitrogen and oxygen atoms in total. The van der Waals surface area contributed by atoms with Crippen LogP contribution in [0.3, 0.4) is 0 Å². The lowest BCUT2D eigenvalue weighted by Gasteiger charge is -2.26. The largest absolute Gasteiger partial charge is 0.301 e. The fraction of sp³-hybridized carbons (Fsp3) is 0.636. The van der Waals surface area contributed by atoms with E-state index >= 15 is 0 Å². The number of aromatic nitrogens is 2. The zero-order valence-electron chi connectivity index (χ0n) is 9.53. The summed E-state index contributed by atoms with van der Waals surface area (Å²) in [6.07, 6.45) is 5.20. The molecule has 0 radical (unpaired) electrons. The molecule has 1 saturated heterocycles. The first-order valence-electron chi connectivity index (χ1n) is 5.82. The van der Waals surface area contributed by atoms with Crippen LogP contribution in [-0.4, -0.2) is 34.3 Å². The lowest BCUT2D eigenvalue weighted by Crippen LogP contribution is -2.35. The summed E-state index contributed by atoms with van der Waals surface area (Å²) in [5.41, 5.74) is -0.309. The van der Waals surface area contributed by atoms with Gasteiger partial charge in [0, 0.05) is 6.54 Å². The predicted molar refractivity (Wildman–Crippen MR) is 68.8 cm³/mol. The van der Waals surface area contributed by atoms with E-state index in [1.807, 2.05) is 0 Å². The van der Waals surface area contributed by atoms with Crippen molar-refractivity contribution in [1.29, 1.82) is 0 Å². The van der Waals surface area contributed by atoms with Crippen LogP contribution in [0.2, 0.25) is 10.0 Å². The van der Waals surface area contributed by atoms with E-state index in [9.17, 15) is 4.79 Å². The third-order valence-corrected chi connectivity index (χ3v) is 3.77. The molecule has 0 amide bonds. The predicted octanol–water partition coefficient (Wildman–Crippen LogP) is 2.04. The van der Waals surface area contributed by atoms with Gasteiger partial charge in [0.1, 0.15) is 5.02 Å². The van der Waals surface area contributed by atoms with Gasteiger partial charge in [0.05, 0.1) is 17.8 Å². The average molecular weight is 276 g/mol. The Bertz CT molecular complexity index is 441. The van der Waals surface area contributed by atoms with Gasteiger partial charge in [0.2, 0.25) is 0 Å². The highest BCUT2D eigenvalue weighted by molar-refractivity contribution is 6.41. The molecule has 0 aromatic carbocycles. The Morgan fingerprint density at radius 2 is 1.88 bits per heavy atom. The molecule has 0 spiro atoms. The minimum absolute atomic E-state index is 0.0558. The first-order chi connectivity index (χ1) is 8.18. The van der Waals surface area contributed by atoms with E-state index in [-0.39, 0.29) is 15.6 Å². The average Bonchev–Trinajstić information content (AvgIpc) is 2.36. The lowest BCUT2D eigenvalue weighted by molar-refractivity contribution is 0.216. The Morgan fingerprint density at radius 1 is 1.18 bits per heavy atom. The number of likely N-dealkylation sites (tertiary alicyclic amines) is 1. The molecular weight excluding hydrogens is 261 g/mol. The van der Waals surface area contributed by atoms with Crippen molar-refractivity contribution in [3.05, 3.63) is 26.6 Å². The van der Waals surface area contributed by atoms with E-state index in [4.69, 9.17) is 23.2 Å². The van der Waals surface area contributed by atoms with Crippen molar-refractivity contribution in [3.8, 4) is 0 Å². The van der Waals surface area contributed by atoms with Gasteiger partial charge in [-0.2, -0.15) is 5.10 Å². The van der Waals surface area contributed by atoms with Gasteiger partial charge in [-0.15, -0.1) is 0 Å². The fourth-order valence-electron chi connectivity index (χ4n) is 2.02. The van der Waals surface area contributed by atoms with Gasteiger partial charge < -0.3 is 4.90 Å². The summed E-state index contributed by atoms with van der Waals surface area (Å²) in [7, 11) is 0. The number of piperidine rings is 1. The van der Waals surface area contributed by atoms with Gasteiger partial charge in [0.25, 0.3) is 5.56 Å². The van der Waals surface area contributed by atoms with Crippen LogP contribution in [0.4, 0.5) is 0 Å². The number of hydrogen-bond donors (Lipinski definition) is 0. The smallest absolute Gasteiger partial charge is 0.287 e. The van der Waals surface area contributed by atoms with Gasteiger partial charge in [-0.3, -0.25) is 4.79 Å². The topological polar surface area (TPSA) is 38.1 Å². The molecule has 1 fully saturated rings. The second-order valence-electron chi connectivity index (χ2n) is 4.24. The minimum atomic E-state index is -0.309. The summed E-state index contributed by atoms with van der Waals surface area (Å²) >= 11 is 11.5. The van der Waals surface area contributed by atoms with Crippen LogP contribution in [-0.2, 0) is 6.54 Å². The minimum Gasteiger partial charge on any atom is -0.301 e. The van der Waals surface area contributed by atoms with Crippen molar-refractivity contribution in [1.82, 2.24) is 14.7 Å². The first kappa shape index (κ1) is 12.9. The van der Waals surface area contributed by atoms with Crippen LogP contribution >= 0.6 is 23.2 Å². The third kappa shape index (κ3) is 3.21. The monoisotopic (exact) mass is 275 g/mol. The standard InChI is InChI=1S/C11H15Cl2N3O/c12-9-8-14-16(11(17)10(9)13)7-6-15-4-2-1-3-5-15/h8H,1-7H2. The maximum absolute atomic E-state index is 11.7. The summed E-state index contributed by atoms with van der Waals surface area (Å²) in [5.74, 6) is 0. The van der Waals surface area contributed by atoms with Gasteiger partial charge in [-0.1, -0.05) is 29.6 Å². The molecule has 2 heterocycles. The summed E-state index contributed by atoms with van der Waals surface area (Å²) in [6, 6.07) is 0. The zero-order chi connectivity index (χ0) is 12.3. The molecule has 2 rings (SSSR count). The second kappa shape index (κ2) is 5.85. The Morgan fingerprint density at radius 3 is 2.59 bits per heavy atom. The van der Waals surface area contributed by atoms with Gasteiger partial charge in [0.15, 0.2) is 0 Å². The van der Waals surface area contributed by atoms with Crippen molar-refractivity contribution in [2.45, 2.75) is 25.8 Å². The lowest BCUT2D eigenvalue weighted by atomic mass is 10.1. The number of hydrogen-bond acceptors (Lipinski definition) is 3. The van der Waals surface area contributed by atoms with E-state index in [0.717, 1.165) is 19.6 Å². The fourth-order valence-corrected chi connectivity index (χ4v) is 2.29. The summed E-state index contributed by atoms with van der Waals surface area (Å²) in [6.45, 7) is 3.62. The van der Waals surface area contributed by atoms with E-state index in [0.29, 0.717) is 6.54 Å². The molecule has 1 aromatic heterocycles. The molecule has 0 N–H and O–H groups in total. The van der Waals surface area contributed by atoms with Crippen LogP contribution in [0.5, 0.6) is 0 Å². The van der Waals surface area contributed by atoms with Gasteiger partial charge in [-0.25, -0.2) is 4.68 Å². The van der Waals surface area contributed by atoms with Gasteiger partial charge in [-0.05, 0) is 25.9 Å². The normalized spacial score (nSPS) is 17.3. The van der Waals surface area contributed by atoms with Gasteiger partial charge >= 0.3 is 0 Å². The summed E-state index contributed by atoms with van der Waals surface area (Å²) in [4.78, 5) is 14.1. The molecule has 94 valence electrons. The molecule has 0 atom stereocenters. The first-order valence-corrected chi connectivity index (χ1v) is 6.57. The molecule has 1 aliphatic heterocycles. The van der Waals surface area contributed by atoms with Crippen molar-refractivity contribution < 1.29 is 0 Å².